The van der Waals surface area contributed by atoms with Gasteiger partial charge >= 0.3 is 0 Å². The molecule has 0 bridgehead atoms. The fourth-order valence-corrected chi connectivity index (χ4v) is 2.18. The van der Waals surface area contributed by atoms with Crippen molar-refractivity contribution in [1.82, 2.24) is 10.4 Å². The zero-order valence-electron chi connectivity index (χ0n) is 10.0. The molecule has 4 nitrogen and oxygen atoms in total. The maximum Gasteiger partial charge on any atom is 0.271 e. The van der Waals surface area contributed by atoms with E-state index in [2.05, 4.69) is 22.4 Å². The van der Waals surface area contributed by atoms with Gasteiger partial charge in [-0.2, -0.15) is 5.10 Å². The van der Waals surface area contributed by atoms with Crippen molar-refractivity contribution in [3.63, 3.8) is 0 Å². The minimum atomic E-state index is -0.165. The molecule has 1 aliphatic carbocycles. The molecule has 1 aromatic rings. The van der Waals surface area contributed by atoms with Crippen molar-refractivity contribution in [3.05, 3.63) is 30.1 Å². The van der Waals surface area contributed by atoms with Crippen LogP contribution in [0.15, 0.2) is 29.6 Å². The molecule has 1 atom stereocenters. The van der Waals surface area contributed by atoms with E-state index in [1.165, 1.54) is 12.8 Å². The van der Waals surface area contributed by atoms with Gasteiger partial charge in [-0.1, -0.05) is 6.92 Å². The number of pyridine rings is 1. The first-order chi connectivity index (χ1) is 8.31. The van der Waals surface area contributed by atoms with Gasteiger partial charge in [0.2, 0.25) is 0 Å². The van der Waals surface area contributed by atoms with E-state index in [4.69, 9.17) is 0 Å². The summed E-state index contributed by atoms with van der Waals surface area (Å²) >= 11 is 0. The van der Waals surface area contributed by atoms with Gasteiger partial charge in [0, 0.05) is 23.7 Å². The van der Waals surface area contributed by atoms with Crippen molar-refractivity contribution in [1.29, 1.82) is 0 Å². The molecule has 1 N–H and O–H groups in total. The summed E-state index contributed by atoms with van der Waals surface area (Å²) in [4.78, 5) is 15.6. The molecule has 17 heavy (non-hydrogen) atoms. The maximum atomic E-state index is 11.8. The number of hydrogen-bond acceptors (Lipinski definition) is 3. The summed E-state index contributed by atoms with van der Waals surface area (Å²) in [5.41, 5.74) is 4.35. The Kier molecular flexibility index (Phi) is 3.85. The second-order valence-corrected chi connectivity index (χ2v) is 4.28. The van der Waals surface area contributed by atoms with E-state index in [-0.39, 0.29) is 5.91 Å². The Hall–Kier alpha value is -1.71. The smallest absolute Gasteiger partial charge is 0.267 e. The Balaban J connectivity index is 1.98. The van der Waals surface area contributed by atoms with Crippen LogP contribution in [0.25, 0.3) is 0 Å². The molecule has 1 aromatic heterocycles. The Labute approximate surface area is 101 Å². The number of carbonyl (C=O) groups excluding carboxylic acids is 1. The first kappa shape index (κ1) is 11.8. The van der Waals surface area contributed by atoms with Crippen LogP contribution in [0.3, 0.4) is 0 Å². The average Bonchev–Trinajstić information content (AvgIpc) is 2.84. The van der Waals surface area contributed by atoms with Crippen molar-refractivity contribution in [2.75, 3.05) is 0 Å². The predicted molar refractivity (Wildman–Crippen MR) is 66.8 cm³/mol. The molecule has 0 aliphatic heterocycles. The number of rotatable bonds is 3. The fraction of sp³-hybridized carbons (Fsp3) is 0.462. The van der Waals surface area contributed by atoms with Gasteiger partial charge in [-0.3, -0.25) is 9.78 Å². The van der Waals surface area contributed by atoms with Crippen LogP contribution in [0.5, 0.6) is 0 Å². The first-order valence-corrected chi connectivity index (χ1v) is 6.08. The third kappa shape index (κ3) is 2.90. The third-order valence-corrected chi connectivity index (χ3v) is 3.19. The summed E-state index contributed by atoms with van der Waals surface area (Å²) in [5, 5.41) is 4.25. The highest BCUT2D eigenvalue weighted by Crippen LogP contribution is 2.24. The van der Waals surface area contributed by atoms with Crippen molar-refractivity contribution in [2.45, 2.75) is 32.6 Å². The van der Waals surface area contributed by atoms with Gasteiger partial charge in [0.1, 0.15) is 0 Å². The van der Waals surface area contributed by atoms with Gasteiger partial charge in [0.05, 0.1) is 0 Å². The predicted octanol–water partition coefficient (Wildman–Crippen LogP) is 2.38. The first-order valence-electron chi connectivity index (χ1n) is 6.08. The minimum Gasteiger partial charge on any atom is -0.267 e. The molecule has 90 valence electrons. The average molecular weight is 231 g/mol. The zero-order valence-corrected chi connectivity index (χ0v) is 10.0. The molecule has 1 aliphatic rings. The van der Waals surface area contributed by atoms with Crippen molar-refractivity contribution in [2.24, 2.45) is 11.0 Å². The van der Waals surface area contributed by atoms with E-state index < -0.39 is 0 Å². The lowest BCUT2D eigenvalue weighted by Gasteiger charge is -2.07. The summed E-state index contributed by atoms with van der Waals surface area (Å²) in [6, 6.07) is 3.36. The van der Waals surface area contributed by atoms with Crippen molar-refractivity contribution < 1.29 is 4.79 Å². The monoisotopic (exact) mass is 231 g/mol. The lowest BCUT2D eigenvalue weighted by atomic mass is 10.0. The molecule has 0 saturated heterocycles. The normalized spacial score (nSPS) is 21.7. The number of hydrazone groups is 1. The number of nitrogens with zero attached hydrogens (tertiary/aromatic N) is 2. The highest BCUT2D eigenvalue weighted by atomic mass is 16.2. The lowest BCUT2D eigenvalue weighted by Crippen LogP contribution is -2.20. The van der Waals surface area contributed by atoms with Crippen LogP contribution in [0, 0.1) is 5.92 Å². The van der Waals surface area contributed by atoms with Crippen LogP contribution in [0.2, 0.25) is 0 Å². The van der Waals surface area contributed by atoms with Crippen LogP contribution >= 0.6 is 0 Å². The Morgan fingerprint density at radius 1 is 1.53 bits per heavy atom. The topological polar surface area (TPSA) is 54.4 Å². The molecular formula is C13H17N3O. The summed E-state index contributed by atoms with van der Waals surface area (Å²) in [6.07, 6.45) is 7.70. The summed E-state index contributed by atoms with van der Waals surface area (Å²) in [5.74, 6) is 0.384. The Morgan fingerprint density at radius 2 is 2.29 bits per heavy atom. The quantitative estimate of drug-likeness (QED) is 0.812. The summed E-state index contributed by atoms with van der Waals surface area (Å²) in [6.45, 7) is 2.16. The second-order valence-electron chi connectivity index (χ2n) is 4.28. The van der Waals surface area contributed by atoms with Gasteiger partial charge in [-0.15, -0.1) is 0 Å². The standard InChI is InChI=1S/C13H17N3O/c1-2-10-4-3-5-12(10)15-16-13(17)11-6-8-14-9-7-11/h6-10H,2-5H2,1H3,(H,16,17)/b15-12-. The SMILES string of the molecule is CCC1CCC/C1=N/NC(=O)c1ccncc1. The molecular weight excluding hydrogens is 214 g/mol. The molecule has 1 fully saturated rings. The minimum absolute atomic E-state index is 0.165. The van der Waals surface area contributed by atoms with Gasteiger partial charge in [-0.05, 0) is 43.7 Å². The number of amides is 1. The molecule has 0 aromatic carbocycles. The van der Waals surface area contributed by atoms with E-state index >= 15 is 0 Å². The largest absolute Gasteiger partial charge is 0.271 e. The van der Waals surface area contributed by atoms with Gasteiger partial charge in [-0.25, -0.2) is 5.43 Å². The molecule has 1 heterocycles. The lowest BCUT2D eigenvalue weighted by molar-refractivity contribution is 0.0954. The fourth-order valence-electron chi connectivity index (χ4n) is 2.18. The highest BCUT2D eigenvalue weighted by molar-refractivity contribution is 5.96. The van der Waals surface area contributed by atoms with E-state index in [1.807, 2.05) is 0 Å². The summed E-state index contributed by atoms with van der Waals surface area (Å²) in [7, 11) is 0. The van der Waals surface area contributed by atoms with Gasteiger partial charge in [0.15, 0.2) is 0 Å². The number of nitrogens with one attached hydrogen (secondary N) is 1. The molecule has 1 saturated carbocycles. The molecule has 4 heteroatoms. The van der Waals surface area contributed by atoms with Crippen LogP contribution in [0.1, 0.15) is 43.0 Å². The molecule has 0 spiro atoms. The van der Waals surface area contributed by atoms with Crippen LogP contribution in [-0.4, -0.2) is 16.6 Å². The maximum absolute atomic E-state index is 11.8. The Bertz CT molecular complexity index is 414. The Morgan fingerprint density at radius 3 is 3.00 bits per heavy atom. The number of carbonyl (C=O) groups is 1. The van der Waals surface area contributed by atoms with E-state index in [1.54, 1.807) is 24.5 Å². The highest BCUT2D eigenvalue weighted by Gasteiger charge is 2.20. The van der Waals surface area contributed by atoms with Gasteiger partial charge < -0.3 is 0 Å². The van der Waals surface area contributed by atoms with Crippen LogP contribution in [-0.2, 0) is 0 Å². The summed E-state index contributed by atoms with van der Waals surface area (Å²) < 4.78 is 0. The van der Waals surface area contributed by atoms with Crippen LogP contribution in [0.4, 0.5) is 0 Å². The molecule has 2 rings (SSSR count). The van der Waals surface area contributed by atoms with E-state index in [0.717, 1.165) is 18.6 Å². The molecule has 1 amide bonds. The third-order valence-electron chi connectivity index (χ3n) is 3.19. The van der Waals surface area contributed by atoms with Crippen molar-refractivity contribution in [3.8, 4) is 0 Å². The zero-order chi connectivity index (χ0) is 12.1. The van der Waals surface area contributed by atoms with Crippen molar-refractivity contribution >= 4 is 11.6 Å². The molecule has 0 radical (unpaired) electrons. The van der Waals surface area contributed by atoms with Gasteiger partial charge in [0.25, 0.3) is 5.91 Å². The number of aromatic nitrogens is 1. The number of hydrogen-bond donors (Lipinski definition) is 1. The van der Waals surface area contributed by atoms with E-state index in [9.17, 15) is 4.79 Å². The second kappa shape index (κ2) is 5.57. The van der Waals surface area contributed by atoms with E-state index in [0.29, 0.717) is 11.5 Å². The molecule has 1 unspecified atom stereocenters. The van der Waals surface area contributed by atoms with Crippen LogP contribution < -0.4 is 5.43 Å².